The Morgan fingerprint density at radius 2 is 1.62 bits per heavy atom. The van der Waals surface area contributed by atoms with E-state index in [0.29, 0.717) is 0 Å². The molecule has 1 unspecified atom stereocenters. The van der Waals surface area contributed by atoms with Crippen LogP contribution in [0.5, 0.6) is 0 Å². The minimum atomic E-state index is -0.0328. The lowest BCUT2D eigenvalue weighted by Crippen LogP contribution is -2.11. The van der Waals surface area contributed by atoms with Crippen molar-refractivity contribution in [1.29, 1.82) is 0 Å². The first kappa shape index (κ1) is 11.6. The number of rotatable bonds is 2. The van der Waals surface area contributed by atoms with Gasteiger partial charge in [0.2, 0.25) is 0 Å². The van der Waals surface area contributed by atoms with Gasteiger partial charge >= 0.3 is 0 Å². The molecule has 0 amide bonds. The predicted molar refractivity (Wildman–Crippen MR) is 76.4 cm³/mol. The molecular formula is C14H14IN. The maximum atomic E-state index is 6.25. The topological polar surface area (TPSA) is 26.0 Å². The molecule has 2 rings (SSSR count). The summed E-state index contributed by atoms with van der Waals surface area (Å²) in [5.41, 5.74) is 9.83. The van der Waals surface area contributed by atoms with Crippen molar-refractivity contribution in [3.8, 4) is 0 Å². The largest absolute Gasteiger partial charge is 0.320 e. The van der Waals surface area contributed by atoms with Crippen molar-refractivity contribution in [2.75, 3.05) is 0 Å². The maximum Gasteiger partial charge on any atom is 0.0552 e. The molecule has 0 saturated carbocycles. The van der Waals surface area contributed by atoms with Gasteiger partial charge in [0.05, 0.1) is 6.04 Å². The van der Waals surface area contributed by atoms with Crippen LogP contribution in [0.2, 0.25) is 0 Å². The Kier molecular flexibility index (Phi) is 3.61. The molecule has 1 atom stereocenters. The van der Waals surface area contributed by atoms with E-state index in [4.69, 9.17) is 5.73 Å². The van der Waals surface area contributed by atoms with E-state index >= 15 is 0 Å². The maximum absolute atomic E-state index is 6.25. The molecule has 0 radical (unpaired) electrons. The van der Waals surface area contributed by atoms with E-state index in [9.17, 15) is 0 Å². The Bertz CT molecular complexity index is 448. The van der Waals surface area contributed by atoms with Crippen LogP contribution in [-0.4, -0.2) is 0 Å². The van der Waals surface area contributed by atoms with Gasteiger partial charge < -0.3 is 5.73 Å². The number of aryl methyl sites for hydroxylation is 1. The van der Waals surface area contributed by atoms with E-state index in [1.54, 1.807) is 0 Å². The van der Waals surface area contributed by atoms with Crippen molar-refractivity contribution in [3.05, 3.63) is 68.8 Å². The molecule has 0 aromatic heterocycles. The highest BCUT2D eigenvalue weighted by Crippen LogP contribution is 2.21. The van der Waals surface area contributed by atoms with Crippen LogP contribution in [0.1, 0.15) is 22.7 Å². The summed E-state index contributed by atoms with van der Waals surface area (Å²) < 4.78 is 1.22. The van der Waals surface area contributed by atoms with Gasteiger partial charge in [-0.1, -0.05) is 42.0 Å². The quantitative estimate of drug-likeness (QED) is 0.839. The molecule has 1 nitrogen and oxygen atoms in total. The van der Waals surface area contributed by atoms with Crippen molar-refractivity contribution in [2.45, 2.75) is 13.0 Å². The normalized spacial score (nSPS) is 12.4. The lowest BCUT2D eigenvalue weighted by atomic mass is 9.98. The third-order valence-electron chi connectivity index (χ3n) is 2.61. The van der Waals surface area contributed by atoms with E-state index in [2.05, 4.69) is 72.0 Å². The summed E-state index contributed by atoms with van der Waals surface area (Å²) in [7, 11) is 0. The second-order valence-electron chi connectivity index (χ2n) is 3.95. The Labute approximate surface area is 110 Å². The van der Waals surface area contributed by atoms with Gasteiger partial charge in [-0.15, -0.1) is 0 Å². The van der Waals surface area contributed by atoms with Gasteiger partial charge in [-0.2, -0.15) is 0 Å². The average molecular weight is 323 g/mol. The first-order valence-corrected chi connectivity index (χ1v) is 6.32. The highest BCUT2D eigenvalue weighted by molar-refractivity contribution is 14.1. The molecule has 2 aromatic carbocycles. The molecule has 2 N–H and O–H groups in total. The second-order valence-corrected chi connectivity index (χ2v) is 5.19. The Morgan fingerprint density at radius 3 is 2.25 bits per heavy atom. The minimum Gasteiger partial charge on any atom is -0.320 e. The second kappa shape index (κ2) is 4.97. The lowest BCUT2D eigenvalue weighted by molar-refractivity contribution is 0.869. The molecule has 0 heterocycles. The van der Waals surface area contributed by atoms with E-state index in [-0.39, 0.29) is 6.04 Å². The van der Waals surface area contributed by atoms with Crippen LogP contribution in [0.4, 0.5) is 0 Å². The highest BCUT2D eigenvalue weighted by Gasteiger charge is 2.08. The molecule has 0 saturated heterocycles. The van der Waals surface area contributed by atoms with Crippen LogP contribution >= 0.6 is 22.6 Å². The zero-order chi connectivity index (χ0) is 11.5. The fourth-order valence-corrected chi connectivity index (χ4v) is 2.32. The van der Waals surface area contributed by atoms with E-state index in [1.165, 1.54) is 14.7 Å². The number of benzene rings is 2. The van der Waals surface area contributed by atoms with Crippen molar-refractivity contribution in [1.82, 2.24) is 0 Å². The van der Waals surface area contributed by atoms with Crippen LogP contribution in [0.3, 0.4) is 0 Å². The van der Waals surface area contributed by atoms with E-state index in [1.807, 2.05) is 6.07 Å². The molecule has 2 heteroatoms. The van der Waals surface area contributed by atoms with Crippen molar-refractivity contribution >= 4 is 22.6 Å². The Hall–Kier alpha value is -0.870. The van der Waals surface area contributed by atoms with Crippen LogP contribution in [0.15, 0.2) is 48.5 Å². The summed E-state index contributed by atoms with van der Waals surface area (Å²) in [6.07, 6.45) is 0. The van der Waals surface area contributed by atoms with Crippen LogP contribution < -0.4 is 5.73 Å². The molecule has 16 heavy (non-hydrogen) atoms. The summed E-state index contributed by atoms with van der Waals surface area (Å²) in [4.78, 5) is 0. The molecule has 0 fully saturated rings. The molecule has 0 spiro atoms. The SMILES string of the molecule is Cc1cccc(C(N)c2cccc(I)c2)c1. The smallest absolute Gasteiger partial charge is 0.0552 e. The Balaban J connectivity index is 2.35. The van der Waals surface area contributed by atoms with Gasteiger partial charge in [0.15, 0.2) is 0 Å². The highest BCUT2D eigenvalue weighted by atomic mass is 127. The van der Waals surface area contributed by atoms with Gasteiger partial charge in [-0.3, -0.25) is 0 Å². The molecule has 82 valence electrons. The van der Waals surface area contributed by atoms with Crippen LogP contribution in [0.25, 0.3) is 0 Å². The molecule has 2 aromatic rings. The van der Waals surface area contributed by atoms with Gasteiger partial charge in [-0.05, 0) is 52.8 Å². The molecule has 0 bridgehead atoms. The molecular weight excluding hydrogens is 309 g/mol. The summed E-state index contributed by atoms with van der Waals surface area (Å²) in [5.74, 6) is 0. The van der Waals surface area contributed by atoms with Crippen molar-refractivity contribution < 1.29 is 0 Å². The average Bonchev–Trinajstić information content (AvgIpc) is 2.28. The number of nitrogens with two attached hydrogens (primary N) is 1. The van der Waals surface area contributed by atoms with Crippen LogP contribution in [0, 0.1) is 10.5 Å². The van der Waals surface area contributed by atoms with Gasteiger partial charge in [-0.25, -0.2) is 0 Å². The van der Waals surface area contributed by atoms with Gasteiger partial charge in [0.1, 0.15) is 0 Å². The lowest BCUT2D eigenvalue weighted by Gasteiger charge is -2.13. The summed E-state index contributed by atoms with van der Waals surface area (Å²) in [6, 6.07) is 16.7. The monoisotopic (exact) mass is 323 g/mol. The number of hydrogen-bond donors (Lipinski definition) is 1. The van der Waals surface area contributed by atoms with Crippen molar-refractivity contribution in [2.24, 2.45) is 5.73 Å². The van der Waals surface area contributed by atoms with Crippen LogP contribution in [-0.2, 0) is 0 Å². The molecule has 0 aliphatic rings. The molecule has 0 aliphatic carbocycles. The summed E-state index contributed by atoms with van der Waals surface area (Å²) in [6.45, 7) is 2.09. The van der Waals surface area contributed by atoms with E-state index < -0.39 is 0 Å². The fourth-order valence-electron chi connectivity index (χ4n) is 1.76. The number of halogens is 1. The Morgan fingerprint density at radius 1 is 1.00 bits per heavy atom. The molecule has 0 aliphatic heterocycles. The van der Waals surface area contributed by atoms with Crippen molar-refractivity contribution in [3.63, 3.8) is 0 Å². The zero-order valence-electron chi connectivity index (χ0n) is 9.15. The minimum absolute atomic E-state index is 0.0328. The third-order valence-corrected chi connectivity index (χ3v) is 3.28. The third kappa shape index (κ3) is 2.62. The van der Waals surface area contributed by atoms with E-state index in [0.717, 1.165) is 5.56 Å². The first-order chi connectivity index (χ1) is 7.66. The summed E-state index contributed by atoms with van der Waals surface area (Å²) >= 11 is 2.31. The zero-order valence-corrected chi connectivity index (χ0v) is 11.3. The first-order valence-electron chi connectivity index (χ1n) is 5.24. The number of hydrogen-bond acceptors (Lipinski definition) is 1. The summed E-state index contributed by atoms with van der Waals surface area (Å²) in [5, 5.41) is 0. The van der Waals surface area contributed by atoms with Gasteiger partial charge in [0.25, 0.3) is 0 Å². The van der Waals surface area contributed by atoms with Gasteiger partial charge in [0, 0.05) is 3.57 Å². The standard InChI is InChI=1S/C14H14IN/c1-10-4-2-5-11(8-10)14(16)12-6-3-7-13(15)9-12/h2-9,14H,16H2,1H3. The predicted octanol–water partition coefficient (Wildman–Crippen LogP) is 3.65. The fraction of sp³-hybridized carbons (Fsp3) is 0.143.